The maximum Gasteiger partial charge on any atom is 0.120 e. The Morgan fingerprint density at radius 2 is 2.00 bits per heavy atom. The van der Waals surface area contributed by atoms with E-state index in [1.165, 1.54) is 21.0 Å². The van der Waals surface area contributed by atoms with E-state index in [-0.39, 0.29) is 0 Å². The van der Waals surface area contributed by atoms with Crippen LogP contribution in [0.1, 0.15) is 5.56 Å². The molecule has 0 aromatic heterocycles. The van der Waals surface area contributed by atoms with E-state index >= 15 is 0 Å². The van der Waals surface area contributed by atoms with Crippen molar-refractivity contribution in [2.24, 2.45) is 0 Å². The molecule has 1 heterocycles. The lowest BCUT2D eigenvalue weighted by Gasteiger charge is -2.22. The Morgan fingerprint density at radius 1 is 1.12 bits per heavy atom. The van der Waals surface area contributed by atoms with E-state index in [0.29, 0.717) is 0 Å². The Bertz CT molecular complexity index is 580. The number of aryl methyl sites for hydroxylation is 1. The highest BCUT2D eigenvalue weighted by atomic mass is 32.2. The van der Waals surface area contributed by atoms with Crippen LogP contribution in [0, 0.1) is 6.92 Å². The van der Waals surface area contributed by atoms with Crippen LogP contribution in [0.2, 0.25) is 0 Å². The zero-order valence-electron chi connectivity index (χ0n) is 9.78. The van der Waals surface area contributed by atoms with E-state index in [1.54, 1.807) is 18.9 Å². The van der Waals surface area contributed by atoms with Crippen LogP contribution >= 0.6 is 11.8 Å². The molecular formula is C14H13NOS. The number of rotatable bonds is 1. The third-order valence-corrected chi connectivity index (χ3v) is 4.02. The molecule has 2 aromatic carbocycles. The molecule has 3 heteroatoms. The van der Waals surface area contributed by atoms with Gasteiger partial charge in [0, 0.05) is 9.79 Å². The highest BCUT2D eigenvalue weighted by molar-refractivity contribution is 7.99. The number of anilines is 2. The molecule has 0 aliphatic carbocycles. The van der Waals surface area contributed by atoms with Gasteiger partial charge >= 0.3 is 0 Å². The smallest absolute Gasteiger partial charge is 0.120 e. The number of ether oxygens (including phenoxy) is 1. The monoisotopic (exact) mass is 243 g/mol. The van der Waals surface area contributed by atoms with Gasteiger partial charge < -0.3 is 10.1 Å². The summed E-state index contributed by atoms with van der Waals surface area (Å²) in [6.07, 6.45) is 0. The van der Waals surface area contributed by atoms with Crippen molar-refractivity contribution in [3.63, 3.8) is 0 Å². The van der Waals surface area contributed by atoms with Crippen LogP contribution in [-0.4, -0.2) is 7.11 Å². The van der Waals surface area contributed by atoms with Crippen molar-refractivity contribution < 1.29 is 4.74 Å². The summed E-state index contributed by atoms with van der Waals surface area (Å²) in [4.78, 5) is 2.48. The van der Waals surface area contributed by atoms with Crippen LogP contribution in [0.5, 0.6) is 5.75 Å². The third kappa shape index (κ3) is 1.76. The molecule has 1 aliphatic heterocycles. The summed E-state index contributed by atoms with van der Waals surface area (Å²) >= 11 is 1.78. The van der Waals surface area contributed by atoms with E-state index < -0.39 is 0 Å². The lowest BCUT2D eigenvalue weighted by atomic mass is 10.2. The molecule has 2 nitrogen and oxygen atoms in total. The number of fused-ring (bicyclic) bond motifs is 2. The summed E-state index contributed by atoms with van der Waals surface area (Å²) < 4.78 is 5.25. The second-order valence-electron chi connectivity index (χ2n) is 4.04. The molecule has 0 radical (unpaired) electrons. The van der Waals surface area contributed by atoms with Crippen LogP contribution in [0.15, 0.2) is 46.2 Å². The van der Waals surface area contributed by atoms with Gasteiger partial charge in [0.15, 0.2) is 0 Å². The van der Waals surface area contributed by atoms with Crippen molar-refractivity contribution in [2.75, 3.05) is 12.4 Å². The first-order valence-corrected chi connectivity index (χ1v) is 6.32. The van der Waals surface area contributed by atoms with Crippen molar-refractivity contribution in [2.45, 2.75) is 16.7 Å². The molecule has 0 unspecified atom stereocenters. The maximum absolute atomic E-state index is 5.25. The lowest BCUT2D eigenvalue weighted by Crippen LogP contribution is -2.01. The van der Waals surface area contributed by atoms with Crippen LogP contribution in [-0.2, 0) is 0 Å². The van der Waals surface area contributed by atoms with Gasteiger partial charge in [-0.15, -0.1) is 0 Å². The number of para-hydroxylation sites is 1. The maximum atomic E-state index is 5.25. The quantitative estimate of drug-likeness (QED) is 0.691. The topological polar surface area (TPSA) is 21.3 Å². The molecule has 0 saturated heterocycles. The largest absolute Gasteiger partial charge is 0.497 e. The minimum absolute atomic E-state index is 0.897. The predicted octanol–water partition coefficient (Wildman–Crippen LogP) is 4.21. The third-order valence-electron chi connectivity index (χ3n) is 2.90. The summed E-state index contributed by atoms with van der Waals surface area (Å²) in [5.74, 6) is 0.897. The molecule has 0 saturated carbocycles. The fourth-order valence-electron chi connectivity index (χ4n) is 1.96. The van der Waals surface area contributed by atoms with Gasteiger partial charge in [-0.3, -0.25) is 0 Å². The van der Waals surface area contributed by atoms with Gasteiger partial charge in [0.05, 0.1) is 18.5 Å². The minimum Gasteiger partial charge on any atom is -0.497 e. The fourth-order valence-corrected chi connectivity index (χ4v) is 3.06. The number of hydrogen-bond donors (Lipinski definition) is 1. The van der Waals surface area contributed by atoms with Gasteiger partial charge in [-0.25, -0.2) is 0 Å². The van der Waals surface area contributed by atoms with Gasteiger partial charge in [0.25, 0.3) is 0 Å². The van der Waals surface area contributed by atoms with Crippen LogP contribution in [0.4, 0.5) is 11.4 Å². The molecule has 0 atom stereocenters. The molecule has 1 N–H and O–H groups in total. The summed E-state index contributed by atoms with van der Waals surface area (Å²) in [7, 11) is 1.70. The van der Waals surface area contributed by atoms with E-state index in [1.807, 2.05) is 6.07 Å². The molecule has 0 bridgehead atoms. The Morgan fingerprint density at radius 3 is 2.82 bits per heavy atom. The standard InChI is InChI=1S/C14H13NOS/c1-9-4-3-5-12-14(9)15-11-7-6-10(16-2)8-13(11)17-12/h3-8,15H,1-2H3. The van der Waals surface area contributed by atoms with Crippen molar-refractivity contribution in [1.82, 2.24) is 0 Å². The Labute approximate surface area is 105 Å². The zero-order chi connectivity index (χ0) is 11.8. The van der Waals surface area contributed by atoms with Crippen molar-refractivity contribution in [3.05, 3.63) is 42.0 Å². The van der Waals surface area contributed by atoms with Gasteiger partial charge in [0.2, 0.25) is 0 Å². The van der Waals surface area contributed by atoms with Crippen molar-refractivity contribution in [3.8, 4) is 5.75 Å². The second-order valence-corrected chi connectivity index (χ2v) is 5.12. The lowest BCUT2D eigenvalue weighted by molar-refractivity contribution is 0.414. The normalized spacial score (nSPS) is 12.4. The summed E-state index contributed by atoms with van der Waals surface area (Å²) in [6.45, 7) is 2.13. The molecule has 1 aliphatic rings. The highest BCUT2D eigenvalue weighted by Crippen LogP contribution is 2.46. The number of nitrogens with one attached hydrogen (secondary N) is 1. The molecule has 17 heavy (non-hydrogen) atoms. The first kappa shape index (κ1) is 10.5. The first-order chi connectivity index (χ1) is 8.28. The summed E-state index contributed by atoms with van der Waals surface area (Å²) in [5, 5.41) is 3.48. The number of methoxy groups -OCH3 is 1. The predicted molar refractivity (Wildman–Crippen MR) is 71.6 cm³/mol. The highest BCUT2D eigenvalue weighted by Gasteiger charge is 2.17. The molecule has 0 spiro atoms. The average molecular weight is 243 g/mol. The van der Waals surface area contributed by atoms with E-state index in [0.717, 1.165) is 11.4 Å². The zero-order valence-corrected chi connectivity index (χ0v) is 10.6. The Hall–Kier alpha value is -1.61. The molecule has 86 valence electrons. The van der Waals surface area contributed by atoms with Crippen LogP contribution < -0.4 is 10.1 Å². The molecule has 0 amide bonds. The van der Waals surface area contributed by atoms with Gasteiger partial charge in [-0.05, 0) is 36.8 Å². The second kappa shape index (κ2) is 4.00. The van der Waals surface area contributed by atoms with Gasteiger partial charge in [-0.2, -0.15) is 0 Å². The van der Waals surface area contributed by atoms with E-state index in [4.69, 9.17) is 4.74 Å². The molecule has 0 fully saturated rings. The summed E-state index contributed by atoms with van der Waals surface area (Å²) in [5.41, 5.74) is 3.64. The number of hydrogen-bond acceptors (Lipinski definition) is 3. The van der Waals surface area contributed by atoms with Crippen molar-refractivity contribution >= 4 is 23.1 Å². The molecular weight excluding hydrogens is 230 g/mol. The van der Waals surface area contributed by atoms with Gasteiger partial charge in [0.1, 0.15) is 5.75 Å². The van der Waals surface area contributed by atoms with Crippen LogP contribution in [0.25, 0.3) is 0 Å². The first-order valence-electron chi connectivity index (χ1n) is 5.50. The minimum atomic E-state index is 0.897. The Balaban J connectivity index is 2.08. The number of benzene rings is 2. The van der Waals surface area contributed by atoms with E-state index in [9.17, 15) is 0 Å². The van der Waals surface area contributed by atoms with Gasteiger partial charge in [-0.1, -0.05) is 23.9 Å². The van der Waals surface area contributed by atoms with E-state index in [2.05, 4.69) is 42.6 Å². The SMILES string of the molecule is COc1ccc2c(c1)Sc1cccc(C)c1N2. The average Bonchev–Trinajstić information content (AvgIpc) is 2.36. The fraction of sp³-hybridized carbons (Fsp3) is 0.143. The Kier molecular flexibility index (Phi) is 2.48. The van der Waals surface area contributed by atoms with Crippen molar-refractivity contribution in [1.29, 1.82) is 0 Å². The molecule has 3 rings (SSSR count). The summed E-state index contributed by atoms with van der Waals surface area (Å²) in [6, 6.07) is 12.5. The molecule has 2 aromatic rings. The van der Waals surface area contributed by atoms with Crippen LogP contribution in [0.3, 0.4) is 0 Å².